The molecule has 0 aliphatic carbocycles. The van der Waals surface area contributed by atoms with E-state index in [2.05, 4.69) is 15.6 Å². The molecule has 0 saturated carbocycles. The van der Waals surface area contributed by atoms with E-state index < -0.39 is 0 Å². The topological polar surface area (TPSA) is 89.1 Å². The van der Waals surface area contributed by atoms with Crippen LogP contribution in [0.1, 0.15) is 0 Å². The standard InChI is InChI=1S/C4H8N6OS/c1-12-10(3-11)8-9-2-6-4(5)7-9/h2-3,8H,1H3,(H2,5,7). The molecule has 3 N–H and O–H groups in total. The second-order valence-electron chi connectivity index (χ2n) is 1.76. The molecule has 0 atom stereocenters. The van der Waals surface area contributed by atoms with Crippen LogP contribution >= 0.6 is 11.9 Å². The molecule has 0 aliphatic rings. The number of hydrogen-bond donors (Lipinski definition) is 2. The van der Waals surface area contributed by atoms with Crippen molar-refractivity contribution in [3.8, 4) is 0 Å². The first-order valence-corrected chi connectivity index (χ1v) is 4.17. The number of nitrogens with one attached hydrogen (secondary N) is 1. The summed E-state index contributed by atoms with van der Waals surface area (Å²) in [6.07, 6.45) is 3.71. The number of nitrogens with two attached hydrogens (primary N) is 1. The highest BCUT2D eigenvalue weighted by atomic mass is 32.2. The summed E-state index contributed by atoms with van der Waals surface area (Å²) in [4.78, 5) is 15.2. The minimum absolute atomic E-state index is 0.148. The monoisotopic (exact) mass is 188 g/mol. The van der Waals surface area contributed by atoms with E-state index in [4.69, 9.17) is 5.73 Å². The summed E-state index contributed by atoms with van der Waals surface area (Å²) >= 11 is 1.20. The van der Waals surface area contributed by atoms with Gasteiger partial charge in [0.05, 0.1) is 0 Å². The Bertz CT molecular complexity index is 262. The van der Waals surface area contributed by atoms with Crippen molar-refractivity contribution in [1.82, 2.24) is 19.3 Å². The molecule has 0 bridgehead atoms. The average molecular weight is 188 g/mol. The zero-order valence-corrected chi connectivity index (χ0v) is 7.15. The normalized spacial score (nSPS) is 9.42. The van der Waals surface area contributed by atoms with Crippen molar-refractivity contribution in [2.75, 3.05) is 17.5 Å². The molecule has 1 amide bonds. The van der Waals surface area contributed by atoms with E-state index in [0.717, 1.165) is 0 Å². The minimum Gasteiger partial charge on any atom is -0.366 e. The largest absolute Gasteiger partial charge is 0.366 e. The molecule has 66 valence electrons. The molecule has 0 aromatic carbocycles. The lowest BCUT2D eigenvalue weighted by Gasteiger charge is -2.13. The van der Waals surface area contributed by atoms with Crippen molar-refractivity contribution in [2.45, 2.75) is 0 Å². The van der Waals surface area contributed by atoms with E-state index in [1.54, 1.807) is 6.26 Å². The molecule has 0 radical (unpaired) electrons. The van der Waals surface area contributed by atoms with Gasteiger partial charge < -0.3 is 5.73 Å². The number of nitrogens with zero attached hydrogens (tertiary/aromatic N) is 4. The average Bonchev–Trinajstić information content (AvgIpc) is 2.47. The van der Waals surface area contributed by atoms with Gasteiger partial charge in [0, 0.05) is 6.26 Å². The maximum Gasteiger partial charge on any atom is 0.241 e. The molecule has 1 heterocycles. The molecule has 1 aromatic rings. The Kier molecular flexibility index (Phi) is 2.75. The molecular weight excluding hydrogens is 180 g/mol. The smallest absolute Gasteiger partial charge is 0.241 e. The molecular formula is C4H8N6OS. The lowest BCUT2D eigenvalue weighted by Crippen LogP contribution is -2.29. The van der Waals surface area contributed by atoms with Gasteiger partial charge >= 0.3 is 0 Å². The van der Waals surface area contributed by atoms with Crippen LogP contribution in [0, 0.1) is 0 Å². The van der Waals surface area contributed by atoms with Gasteiger partial charge in [-0.05, 0) is 11.9 Å². The maximum absolute atomic E-state index is 10.3. The predicted octanol–water partition coefficient (Wildman–Crippen LogP) is -0.945. The second kappa shape index (κ2) is 3.81. The van der Waals surface area contributed by atoms with E-state index in [1.807, 2.05) is 0 Å². The summed E-state index contributed by atoms with van der Waals surface area (Å²) in [5.74, 6) is 0.148. The Morgan fingerprint density at radius 2 is 2.67 bits per heavy atom. The number of carbonyl (C=O) groups excluding carboxylic acids is 1. The summed E-state index contributed by atoms with van der Waals surface area (Å²) in [7, 11) is 0. The number of nitrogen functional groups attached to an aromatic ring is 1. The van der Waals surface area contributed by atoms with E-state index >= 15 is 0 Å². The van der Waals surface area contributed by atoms with Crippen LogP contribution in [0.25, 0.3) is 0 Å². The van der Waals surface area contributed by atoms with Crippen LogP contribution in [0.15, 0.2) is 6.33 Å². The second-order valence-corrected chi connectivity index (χ2v) is 2.52. The minimum atomic E-state index is 0.148. The third kappa shape index (κ3) is 2.02. The van der Waals surface area contributed by atoms with Crippen LogP contribution in [0.5, 0.6) is 0 Å². The summed E-state index contributed by atoms with van der Waals surface area (Å²) < 4.78 is 1.22. The van der Waals surface area contributed by atoms with Crippen LogP contribution in [0.2, 0.25) is 0 Å². The summed E-state index contributed by atoms with van der Waals surface area (Å²) in [6.45, 7) is 0. The Morgan fingerprint density at radius 3 is 3.08 bits per heavy atom. The van der Waals surface area contributed by atoms with Crippen molar-refractivity contribution in [2.24, 2.45) is 0 Å². The van der Waals surface area contributed by atoms with Crippen molar-refractivity contribution in [3.05, 3.63) is 6.33 Å². The van der Waals surface area contributed by atoms with Crippen molar-refractivity contribution < 1.29 is 4.79 Å². The Hall–Kier alpha value is -1.44. The van der Waals surface area contributed by atoms with Crippen molar-refractivity contribution in [3.63, 3.8) is 0 Å². The van der Waals surface area contributed by atoms with E-state index in [-0.39, 0.29) is 5.95 Å². The highest BCUT2D eigenvalue weighted by molar-refractivity contribution is 7.96. The number of hydrogen-bond acceptors (Lipinski definition) is 6. The van der Waals surface area contributed by atoms with Gasteiger partial charge in [0.2, 0.25) is 12.4 Å². The lowest BCUT2D eigenvalue weighted by molar-refractivity contribution is -0.113. The zero-order chi connectivity index (χ0) is 8.97. The number of aromatic nitrogens is 3. The Morgan fingerprint density at radius 1 is 1.92 bits per heavy atom. The number of amides is 1. The predicted molar refractivity (Wildman–Crippen MR) is 45.2 cm³/mol. The third-order valence-electron chi connectivity index (χ3n) is 1.00. The first-order valence-electron chi connectivity index (χ1n) is 2.98. The zero-order valence-electron chi connectivity index (χ0n) is 6.34. The van der Waals surface area contributed by atoms with Gasteiger partial charge in [0.1, 0.15) is 6.33 Å². The Labute approximate surface area is 73.0 Å². The fourth-order valence-electron chi connectivity index (χ4n) is 0.532. The lowest BCUT2D eigenvalue weighted by atomic mass is 11.1. The van der Waals surface area contributed by atoms with Gasteiger partial charge in [-0.3, -0.25) is 4.79 Å². The molecule has 0 fully saturated rings. The van der Waals surface area contributed by atoms with Crippen molar-refractivity contribution in [1.29, 1.82) is 0 Å². The number of rotatable bonds is 4. The molecule has 12 heavy (non-hydrogen) atoms. The maximum atomic E-state index is 10.3. The van der Waals surface area contributed by atoms with Gasteiger partial charge in [-0.1, -0.05) is 0 Å². The molecule has 0 spiro atoms. The van der Waals surface area contributed by atoms with Crippen LogP contribution < -0.4 is 11.3 Å². The first-order chi connectivity index (χ1) is 5.76. The summed E-state index contributed by atoms with van der Waals surface area (Å²) in [5, 5.41) is 3.70. The summed E-state index contributed by atoms with van der Waals surface area (Å²) in [6, 6.07) is 0. The molecule has 1 aromatic heterocycles. The molecule has 1 rings (SSSR count). The summed E-state index contributed by atoms with van der Waals surface area (Å²) in [5.41, 5.74) is 7.83. The SMILES string of the molecule is CSN(C=O)Nn1cnc(N)n1. The number of hydrazine groups is 1. The van der Waals surface area contributed by atoms with Gasteiger partial charge in [-0.25, -0.2) is 5.53 Å². The number of anilines is 1. The first kappa shape index (κ1) is 8.65. The van der Waals surface area contributed by atoms with E-state index in [1.165, 1.54) is 27.5 Å². The number of carbonyl (C=O) groups is 1. The molecule has 0 saturated heterocycles. The fourth-order valence-corrected chi connectivity index (χ4v) is 0.784. The quantitative estimate of drug-likeness (QED) is 0.360. The van der Waals surface area contributed by atoms with Crippen LogP contribution in [-0.4, -0.2) is 32.0 Å². The van der Waals surface area contributed by atoms with Gasteiger partial charge in [0.25, 0.3) is 0 Å². The molecule has 0 aliphatic heterocycles. The molecule has 7 nitrogen and oxygen atoms in total. The third-order valence-corrected chi connectivity index (χ3v) is 1.56. The molecule has 8 heteroatoms. The highest BCUT2D eigenvalue weighted by Gasteiger charge is 1.99. The van der Waals surface area contributed by atoms with E-state index in [0.29, 0.717) is 6.41 Å². The van der Waals surface area contributed by atoms with Crippen molar-refractivity contribution >= 4 is 24.3 Å². The van der Waals surface area contributed by atoms with Gasteiger partial charge in [0.15, 0.2) is 0 Å². The van der Waals surface area contributed by atoms with Crippen LogP contribution in [-0.2, 0) is 4.79 Å². The molecule has 0 unspecified atom stereocenters. The van der Waals surface area contributed by atoms with Crippen LogP contribution in [0.4, 0.5) is 5.95 Å². The highest BCUT2D eigenvalue weighted by Crippen LogP contribution is 1.97. The van der Waals surface area contributed by atoms with Gasteiger partial charge in [-0.15, -0.1) is 9.89 Å². The van der Waals surface area contributed by atoms with E-state index in [9.17, 15) is 4.79 Å². The fraction of sp³-hybridized carbons (Fsp3) is 0.250. The van der Waals surface area contributed by atoms with Gasteiger partial charge in [-0.2, -0.15) is 9.40 Å². The Balaban J connectivity index is 2.56. The van der Waals surface area contributed by atoms with Crippen LogP contribution in [0.3, 0.4) is 0 Å².